The van der Waals surface area contributed by atoms with Gasteiger partial charge in [0.2, 0.25) is 5.91 Å². The fourth-order valence-electron chi connectivity index (χ4n) is 2.89. The summed E-state index contributed by atoms with van der Waals surface area (Å²) in [5.74, 6) is 0.502. The second kappa shape index (κ2) is 6.03. The number of benzene rings is 1. The molecule has 2 heteroatoms. The van der Waals surface area contributed by atoms with Crippen molar-refractivity contribution in [2.24, 2.45) is 5.92 Å². The van der Waals surface area contributed by atoms with Crippen LogP contribution in [0, 0.1) is 5.92 Å². The third-order valence-electron chi connectivity index (χ3n) is 3.86. The van der Waals surface area contributed by atoms with Crippen LogP contribution in [0.5, 0.6) is 0 Å². The van der Waals surface area contributed by atoms with Crippen LogP contribution in [-0.4, -0.2) is 17.4 Å². The van der Waals surface area contributed by atoms with E-state index in [4.69, 9.17) is 0 Å². The van der Waals surface area contributed by atoms with Crippen LogP contribution in [0.15, 0.2) is 30.3 Å². The average molecular weight is 245 g/mol. The van der Waals surface area contributed by atoms with E-state index in [1.807, 2.05) is 6.07 Å². The Balaban J connectivity index is 2.10. The molecule has 0 aliphatic carbocycles. The smallest absolute Gasteiger partial charge is 0.225 e. The van der Waals surface area contributed by atoms with E-state index in [0.717, 1.165) is 32.2 Å². The molecule has 1 saturated heterocycles. The molecule has 2 rings (SSSR count). The van der Waals surface area contributed by atoms with Gasteiger partial charge in [-0.05, 0) is 24.8 Å². The molecule has 1 heterocycles. The molecular weight excluding hydrogens is 222 g/mol. The molecule has 2 unspecified atom stereocenters. The third kappa shape index (κ3) is 2.74. The summed E-state index contributed by atoms with van der Waals surface area (Å²) in [5, 5.41) is 0. The van der Waals surface area contributed by atoms with Crippen LogP contribution in [-0.2, 0) is 4.79 Å². The molecule has 1 aliphatic rings. The summed E-state index contributed by atoms with van der Waals surface area (Å²) in [6, 6.07) is 10.7. The number of carbonyl (C=O) groups is 1. The maximum atomic E-state index is 12.4. The highest BCUT2D eigenvalue weighted by molar-refractivity contribution is 5.79. The van der Waals surface area contributed by atoms with E-state index >= 15 is 0 Å². The largest absolute Gasteiger partial charge is 0.335 e. The van der Waals surface area contributed by atoms with Crippen LogP contribution >= 0.6 is 0 Å². The first-order valence-corrected chi connectivity index (χ1v) is 7.09. The van der Waals surface area contributed by atoms with Gasteiger partial charge in [-0.25, -0.2) is 0 Å². The third-order valence-corrected chi connectivity index (χ3v) is 3.86. The standard InChI is InChI=1S/C16H23NO/c1-3-8-13(2)16(18)17-12-7-11-15(17)14-9-5-4-6-10-14/h4-6,9-10,13,15H,3,7-8,11-12H2,1-2H3. The predicted octanol–water partition coefficient (Wildman–Crippen LogP) is 3.79. The van der Waals surface area contributed by atoms with Gasteiger partial charge < -0.3 is 4.90 Å². The van der Waals surface area contributed by atoms with E-state index in [1.54, 1.807) is 0 Å². The molecular formula is C16H23NO. The first kappa shape index (κ1) is 13.1. The van der Waals surface area contributed by atoms with Crippen molar-refractivity contribution in [2.75, 3.05) is 6.54 Å². The Morgan fingerprint density at radius 3 is 2.78 bits per heavy atom. The van der Waals surface area contributed by atoms with Crippen LogP contribution < -0.4 is 0 Å². The summed E-state index contributed by atoms with van der Waals surface area (Å²) < 4.78 is 0. The van der Waals surface area contributed by atoms with Gasteiger partial charge in [0.15, 0.2) is 0 Å². The number of amides is 1. The Morgan fingerprint density at radius 2 is 2.11 bits per heavy atom. The van der Waals surface area contributed by atoms with Crippen LogP contribution in [0.3, 0.4) is 0 Å². The number of nitrogens with zero attached hydrogens (tertiary/aromatic N) is 1. The molecule has 0 radical (unpaired) electrons. The van der Waals surface area contributed by atoms with Gasteiger partial charge in [0.05, 0.1) is 6.04 Å². The minimum Gasteiger partial charge on any atom is -0.335 e. The highest BCUT2D eigenvalue weighted by atomic mass is 16.2. The van der Waals surface area contributed by atoms with Gasteiger partial charge in [-0.15, -0.1) is 0 Å². The Morgan fingerprint density at radius 1 is 1.39 bits per heavy atom. The zero-order valence-corrected chi connectivity index (χ0v) is 11.4. The van der Waals surface area contributed by atoms with E-state index in [-0.39, 0.29) is 5.92 Å². The highest BCUT2D eigenvalue weighted by Gasteiger charge is 2.31. The molecule has 0 N–H and O–H groups in total. The molecule has 0 saturated carbocycles. The Bertz CT molecular complexity index is 387. The van der Waals surface area contributed by atoms with E-state index in [9.17, 15) is 4.79 Å². The topological polar surface area (TPSA) is 20.3 Å². The van der Waals surface area contributed by atoms with Crippen LogP contribution in [0.2, 0.25) is 0 Å². The Kier molecular flexibility index (Phi) is 4.40. The molecule has 1 aliphatic heterocycles. The average Bonchev–Trinajstić information content (AvgIpc) is 2.88. The number of carbonyl (C=O) groups excluding carboxylic acids is 1. The Hall–Kier alpha value is -1.31. The second-order valence-electron chi connectivity index (χ2n) is 5.29. The Labute approximate surface area is 110 Å². The molecule has 1 aromatic carbocycles. The first-order valence-electron chi connectivity index (χ1n) is 7.09. The van der Waals surface area contributed by atoms with Gasteiger partial charge in [-0.2, -0.15) is 0 Å². The molecule has 2 nitrogen and oxygen atoms in total. The number of rotatable bonds is 4. The molecule has 0 aromatic heterocycles. The van der Waals surface area contributed by atoms with Crippen molar-refractivity contribution in [1.29, 1.82) is 0 Å². The maximum Gasteiger partial charge on any atom is 0.225 e. The highest BCUT2D eigenvalue weighted by Crippen LogP contribution is 2.33. The lowest BCUT2D eigenvalue weighted by Gasteiger charge is -2.27. The summed E-state index contributed by atoms with van der Waals surface area (Å²) in [7, 11) is 0. The molecule has 98 valence electrons. The summed E-state index contributed by atoms with van der Waals surface area (Å²) in [6.07, 6.45) is 4.31. The van der Waals surface area contributed by atoms with Crippen molar-refractivity contribution in [3.8, 4) is 0 Å². The lowest BCUT2D eigenvalue weighted by Crippen LogP contribution is -2.34. The van der Waals surface area contributed by atoms with Crippen molar-refractivity contribution in [2.45, 2.75) is 45.6 Å². The lowest BCUT2D eigenvalue weighted by atomic mass is 10.0. The van der Waals surface area contributed by atoms with Gasteiger partial charge in [0, 0.05) is 12.5 Å². The minimum atomic E-state index is 0.166. The number of hydrogen-bond acceptors (Lipinski definition) is 1. The predicted molar refractivity (Wildman–Crippen MR) is 74.2 cm³/mol. The minimum absolute atomic E-state index is 0.166. The van der Waals surface area contributed by atoms with Crippen LogP contribution in [0.4, 0.5) is 0 Å². The molecule has 0 spiro atoms. The quantitative estimate of drug-likeness (QED) is 0.790. The summed E-state index contributed by atoms with van der Waals surface area (Å²) in [4.78, 5) is 14.5. The van der Waals surface area contributed by atoms with Gasteiger partial charge in [-0.1, -0.05) is 50.6 Å². The first-order chi connectivity index (χ1) is 8.74. The summed E-state index contributed by atoms with van der Waals surface area (Å²) in [6.45, 7) is 5.13. The molecule has 1 fully saturated rings. The summed E-state index contributed by atoms with van der Waals surface area (Å²) >= 11 is 0. The van der Waals surface area contributed by atoms with Gasteiger partial charge >= 0.3 is 0 Å². The van der Waals surface area contributed by atoms with Crippen molar-refractivity contribution in [3.05, 3.63) is 35.9 Å². The molecule has 0 bridgehead atoms. The van der Waals surface area contributed by atoms with Crippen molar-refractivity contribution in [1.82, 2.24) is 4.90 Å². The van der Waals surface area contributed by atoms with Crippen molar-refractivity contribution >= 4 is 5.91 Å². The fourth-order valence-corrected chi connectivity index (χ4v) is 2.89. The number of hydrogen-bond donors (Lipinski definition) is 0. The van der Waals surface area contributed by atoms with Gasteiger partial charge in [0.25, 0.3) is 0 Å². The number of likely N-dealkylation sites (tertiary alicyclic amines) is 1. The van der Waals surface area contributed by atoms with E-state index in [2.05, 4.69) is 43.0 Å². The van der Waals surface area contributed by atoms with Gasteiger partial charge in [0.1, 0.15) is 0 Å². The van der Waals surface area contributed by atoms with Gasteiger partial charge in [-0.3, -0.25) is 4.79 Å². The van der Waals surface area contributed by atoms with Crippen molar-refractivity contribution in [3.63, 3.8) is 0 Å². The fraction of sp³-hybridized carbons (Fsp3) is 0.562. The van der Waals surface area contributed by atoms with E-state index in [0.29, 0.717) is 11.9 Å². The zero-order chi connectivity index (χ0) is 13.0. The van der Waals surface area contributed by atoms with Crippen molar-refractivity contribution < 1.29 is 4.79 Å². The SMILES string of the molecule is CCCC(C)C(=O)N1CCCC1c1ccccc1. The van der Waals surface area contributed by atoms with E-state index in [1.165, 1.54) is 5.56 Å². The monoisotopic (exact) mass is 245 g/mol. The second-order valence-corrected chi connectivity index (χ2v) is 5.29. The zero-order valence-electron chi connectivity index (χ0n) is 11.4. The molecule has 1 amide bonds. The molecule has 18 heavy (non-hydrogen) atoms. The normalized spacial score (nSPS) is 21.0. The lowest BCUT2D eigenvalue weighted by molar-refractivity contribution is -0.136. The molecule has 2 atom stereocenters. The molecule has 1 aromatic rings. The summed E-state index contributed by atoms with van der Waals surface area (Å²) in [5.41, 5.74) is 1.28. The van der Waals surface area contributed by atoms with Crippen LogP contribution in [0.25, 0.3) is 0 Å². The maximum absolute atomic E-state index is 12.4. The van der Waals surface area contributed by atoms with Crippen LogP contribution in [0.1, 0.15) is 51.1 Å². The van der Waals surface area contributed by atoms with E-state index < -0.39 is 0 Å².